The van der Waals surface area contributed by atoms with Crippen LogP contribution in [0.1, 0.15) is 33.1 Å². The molecular weight excluding hydrogens is 132 g/mol. The van der Waals surface area contributed by atoms with E-state index in [1.54, 1.807) is 0 Å². The highest BCUT2D eigenvalue weighted by Crippen LogP contribution is 2.36. The Morgan fingerprint density at radius 1 is 1.44 bits per heavy atom. The maximum absolute atomic E-state index is 6.13. The molecular formula is C8H15Cl. The molecule has 0 spiro atoms. The third-order valence-electron chi connectivity index (χ3n) is 2.51. The van der Waals surface area contributed by atoms with Gasteiger partial charge in [-0.25, -0.2) is 0 Å². The zero-order valence-corrected chi connectivity index (χ0v) is 6.99. The van der Waals surface area contributed by atoms with Crippen molar-refractivity contribution in [1.29, 1.82) is 0 Å². The summed E-state index contributed by atoms with van der Waals surface area (Å²) in [5, 5.41) is 0.468. The zero-order valence-electron chi connectivity index (χ0n) is 6.23. The molecule has 9 heavy (non-hydrogen) atoms. The van der Waals surface area contributed by atoms with Crippen LogP contribution in [0.3, 0.4) is 0 Å². The second-order valence-corrected chi connectivity index (χ2v) is 3.67. The summed E-state index contributed by atoms with van der Waals surface area (Å²) in [5.41, 5.74) is 0. The van der Waals surface area contributed by atoms with Gasteiger partial charge in [0.2, 0.25) is 0 Å². The predicted molar refractivity (Wildman–Crippen MR) is 41.8 cm³/mol. The van der Waals surface area contributed by atoms with Crippen LogP contribution in [0.5, 0.6) is 0 Å². The zero-order chi connectivity index (χ0) is 6.85. The lowest BCUT2D eigenvalue weighted by Gasteiger charge is -2.12. The molecule has 1 fully saturated rings. The van der Waals surface area contributed by atoms with Crippen molar-refractivity contribution < 1.29 is 0 Å². The van der Waals surface area contributed by atoms with Crippen molar-refractivity contribution in [2.45, 2.75) is 38.5 Å². The molecule has 0 amide bonds. The fourth-order valence-electron chi connectivity index (χ4n) is 1.69. The van der Waals surface area contributed by atoms with Crippen LogP contribution in [0.4, 0.5) is 0 Å². The monoisotopic (exact) mass is 146 g/mol. The topological polar surface area (TPSA) is 0 Å². The van der Waals surface area contributed by atoms with Crippen molar-refractivity contribution in [3.63, 3.8) is 0 Å². The first kappa shape index (κ1) is 7.40. The van der Waals surface area contributed by atoms with Gasteiger partial charge >= 0.3 is 0 Å². The third-order valence-corrected chi connectivity index (χ3v) is 3.30. The molecule has 3 unspecified atom stereocenters. The van der Waals surface area contributed by atoms with E-state index in [-0.39, 0.29) is 0 Å². The van der Waals surface area contributed by atoms with E-state index < -0.39 is 0 Å². The Kier molecular flexibility index (Phi) is 2.40. The Bertz CT molecular complexity index is 90.6. The number of alkyl halides is 1. The Balaban J connectivity index is 2.41. The van der Waals surface area contributed by atoms with Crippen molar-refractivity contribution in [3.8, 4) is 0 Å². The van der Waals surface area contributed by atoms with Gasteiger partial charge < -0.3 is 0 Å². The highest BCUT2D eigenvalue weighted by atomic mass is 35.5. The smallest absolute Gasteiger partial charge is 0.0389 e. The molecule has 3 atom stereocenters. The van der Waals surface area contributed by atoms with Gasteiger partial charge in [0.25, 0.3) is 0 Å². The minimum Gasteiger partial charge on any atom is -0.122 e. The van der Waals surface area contributed by atoms with Crippen LogP contribution in [-0.4, -0.2) is 5.38 Å². The molecule has 0 N–H and O–H groups in total. The Morgan fingerprint density at radius 3 is 2.33 bits per heavy atom. The highest BCUT2D eigenvalue weighted by molar-refractivity contribution is 6.21. The average Bonchev–Trinajstić information content (AvgIpc) is 2.15. The lowest BCUT2D eigenvalue weighted by molar-refractivity contribution is 0.510. The summed E-state index contributed by atoms with van der Waals surface area (Å²) in [6.45, 7) is 4.49. The van der Waals surface area contributed by atoms with Crippen LogP contribution in [0.2, 0.25) is 0 Å². The summed E-state index contributed by atoms with van der Waals surface area (Å²) in [7, 11) is 0. The van der Waals surface area contributed by atoms with Gasteiger partial charge in [-0.15, -0.1) is 11.6 Å². The largest absolute Gasteiger partial charge is 0.122 e. The van der Waals surface area contributed by atoms with E-state index in [2.05, 4.69) is 13.8 Å². The van der Waals surface area contributed by atoms with E-state index in [0.717, 1.165) is 11.8 Å². The van der Waals surface area contributed by atoms with Gasteiger partial charge in [-0.1, -0.05) is 20.3 Å². The molecule has 1 rings (SSSR count). The van der Waals surface area contributed by atoms with Crippen molar-refractivity contribution in [3.05, 3.63) is 0 Å². The number of hydrogen-bond acceptors (Lipinski definition) is 0. The molecule has 0 aromatic rings. The second-order valence-electron chi connectivity index (χ2n) is 3.17. The van der Waals surface area contributed by atoms with Crippen molar-refractivity contribution in [2.24, 2.45) is 11.8 Å². The molecule has 1 saturated carbocycles. The van der Waals surface area contributed by atoms with E-state index in [9.17, 15) is 0 Å². The molecule has 0 nitrogen and oxygen atoms in total. The summed E-state index contributed by atoms with van der Waals surface area (Å²) < 4.78 is 0. The van der Waals surface area contributed by atoms with Gasteiger partial charge in [-0.05, 0) is 24.7 Å². The standard InChI is InChI=1S/C8H15Cl/c1-3-7-5-4-6(2)8(7)9/h6-8H,3-5H2,1-2H3. The van der Waals surface area contributed by atoms with Gasteiger partial charge in [-0.3, -0.25) is 0 Å². The molecule has 0 aromatic heterocycles. The first-order valence-corrected chi connectivity index (χ1v) is 4.33. The quantitative estimate of drug-likeness (QED) is 0.499. The Morgan fingerprint density at radius 2 is 2.11 bits per heavy atom. The fourth-order valence-corrected chi connectivity index (χ4v) is 2.12. The highest BCUT2D eigenvalue weighted by Gasteiger charge is 2.29. The molecule has 0 bridgehead atoms. The molecule has 0 aromatic carbocycles. The van der Waals surface area contributed by atoms with Crippen LogP contribution in [0.15, 0.2) is 0 Å². The van der Waals surface area contributed by atoms with E-state index in [0.29, 0.717) is 5.38 Å². The average molecular weight is 147 g/mol. The minimum atomic E-state index is 0.468. The Labute approximate surface area is 62.6 Å². The van der Waals surface area contributed by atoms with Crippen LogP contribution in [0, 0.1) is 11.8 Å². The van der Waals surface area contributed by atoms with Gasteiger partial charge in [-0.2, -0.15) is 0 Å². The molecule has 0 saturated heterocycles. The molecule has 0 radical (unpaired) electrons. The molecule has 0 heterocycles. The van der Waals surface area contributed by atoms with Gasteiger partial charge in [0.05, 0.1) is 0 Å². The summed E-state index contributed by atoms with van der Waals surface area (Å²) in [6.07, 6.45) is 3.96. The maximum Gasteiger partial charge on any atom is 0.0389 e. The summed E-state index contributed by atoms with van der Waals surface area (Å²) in [5.74, 6) is 1.57. The first-order valence-electron chi connectivity index (χ1n) is 3.89. The van der Waals surface area contributed by atoms with Crippen LogP contribution in [-0.2, 0) is 0 Å². The second kappa shape index (κ2) is 2.92. The molecule has 0 aliphatic heterocycles. The normalized spacial score (nSPS) is 43.7. The molecule has 1 heteroatoms. The minimum absolute atomic E-state index is 0.468. The summed E-state index contributed by atoms with van der Waals surface area (Å²) in [4.78, 5) is 0. The Hall–Kier alpha value is 0.290. The molecule has 1 aliphatic rings. The van der Waals surface area contributed by atoms with Crippen molar-refractivity contribution in [1.82, 2.24) is 0 Å². The third kappa shape index (κ3) is 1.40. The number of halogens is 1. The van der Waals surface area contributed by atoms with Crippen LogP contribution < -0.4 is 0 Å². The molecule has 54 valence electrons. The van der Waals surface area contributed by atoms with E-state index in [4.69, 9.17) is 11.6 Å². The number of rotatable bonds is 1. The SMILES string of the molecule is CCC1CCC(C)C1Cl. The maximum atomic E-state index is 6.13. The number of hydrogen-bond donors (Lipinski definition) is 0. The lowest BCUT2D eigenvalue weighted by Crippen LogP contribution is -2.11. The predicted octanol–water partition coefficient (Wildman–Crippen LogP) is 3.05. The van der Waals surface area contributed by atoms with Crippen LogP contribution >= 0.6 is 11.6 Å². The van der Waals surface area contributed by atoms with E-state index >= 15 is 0 Å². The lowest BCUT2D eigenvalue weighted by atomic mass is 10.0. The van der Waals surface area contributed by atoms with Crippen LogP contribution in [0.25, 0.3) is 0 Å². The van der Waals surface area contributed by atoms with Gasteiger partial charge in [0, 0.05) is 5.38 Å². The van der Waals surface area contributed by atoms with Gasteiger partial charge in [0.15, 0.2) is 0 Å². The first-order chi connectivity index (χ1) is 4.25. The summed E-state index contributed by atoms with van der Waals surface area (Å²) in [6, 6.07) is 0. The summed E-state index contributed by atoms with van der Waals surface area (Å²) >= 11 is 6.13. The van der Waals surface area contributed by atoms with Crippen molar-refractivity contribution >= 4 is 11.6 Å². The molecule has 1 aliphatic carbocycles. The van der Waals surface area contributed by atoms with E-state index in [1.807, 2.05) is 0 Å². The fraction of sp³-hybridized carbons (Fsp3) is 1.00. The van der Waals surface area contributed by atoms with Crippen molar-refractivity contribution in [2.75, 3.05) is 0 Å². The van der Waals surface area contributed by atoms with E-state index in [1.165, 1.54) is 19.3 Å². The van der Waals surface area contributed by atoms with Gasteiger partial charge in [0.1, 0.15) is 0 Å².